The van der Waals surface area contributed by atoms with Crippen molar-refractivity contribution in [2.75, 3.05) is 32.8 Å². The molecule has 0 aliphatic carbocycles. The van der Waals surface area contributed by atoms with Gasteiger partial charge in [-0.2, -0.15) is 5.48 Å². The molecule has 90 valence electrons. The highest BCUT2D eigenvalue weighted by molar-refractivity contribution is 5.74. The molecule has 0 aromatic rings. The fraction of sp³-hybridized carbons (Fsp3) is 0.889. The smallest absolute Gasteiger partial charge is 0.245 e. The number of hydrogen-bond donors (Lipinski definition) is 3. The van der Waals surface area contributed by atoms with Gasteiger partial charge in [-0.15, -0.1) is 0 Å². The Hall–Kier alpha value is -0.690. The molecule has 0 radical (unpaired) electrons. The lowest BCUT2D eigenvalue weighted by Crippen LogP contribution is -2.39. The van der Waals surface area contributed by atoms with Gasteiger partial charge in [0, 0.05) is 13.1 Å². The number of hydroxylamine groups is 1. The second-order valence-electron chi connectivity index (χ2n) is 3.24. The van der Waals surface area contributed by atoms with Gasteiger partial charge in [-0.1, -0.05) is 13.8 Å². The minimum atomic E-state index is -0.541. The largest absolute Gasteiger partial charge is 0.390 e. The highest BCUT2D eigenvalue weighted by Gasteiger charge is 2.08. The van der Waals surface area contributed by atoms with Gasteiger partial charge in [0.25, 0.3) is 0 Å². The van der Waals surface area contributed by atoms with Gasteiger partial charge in [0.15, 0.2) is 0 Å². The summed E-state index contributed by atoms with van der Waals surface area (Å²) in [5.41, 5.74) is 7.35. The van der Waals surface area contributed by atoms with Crippen molar-refractivity contribution in [2.45, 2.75) is 20.0 Å². The van der Waals surface area contributed by atoms with Crippen LogP contribution in [0.3, 0.4) is 0 Å². The monoisotopic (exact) mass is 219 g/mol. The van der Waals surface area contributed by atoms with Crippen LogP contribution < -0.4 is 11.2 Å². The predicted molar refractivity (Wildman–Crippen MR) is 56.9 cm³/mol. The third kappa shape index (κ3) is 8.31. The molecule has 15 heavy (non-hydrogen) atoms. The number of nitrogens with zero attached hydrogens (tertiary/aromatic N) is 1. The number of carbonyl (C=O) groups is 1. The Balaban J connectivity index is 3.47. The zero-order valence-electron chi connectivity index (χ0n) is 9.40. The normalized spacial score (nSPS) is 13.1. The number of amides is 1. The summed E-state index contributed by atoms with van der Waals surface area (Å²) in [6.45, 7) is 6.55. The van der Waals surface area contributed by atoms with E-state index < -0.39 is 12.0 Å². The summed E-state index contributed by atoms with van der Waals surface area (Å²) in [6.07, 6.45) is -0.516. The molecule has 0 aliphatic rings. The van der Waals surface area contributed by atoms with E-state index in [-0.39, 0.29) is 13.2 Å². The fourth-order valence-corrected chi connectivity index (χ4v) is 1.12. The Bertz CT molecular complexity index is 174. The van der Waals surface area contributed by atoms with E-state index in [2.05, 4.69) is 10.4 Å². The SMILES string of the molecule is CCN(CC)CC(O)CNOCC(N)=O. The van der Waals surface area contributed by atoms with Gasteiger partial charge in [0.1, 0.15) is 6.61 Å². The number of nitrogens with two attached hydrogens (primary N) is 1. The minimum absolute atomic E-state index is 0.183. The van der Waals surface area contributed by atoms with Crippen LogP contribution in [-0.2, 0) is 9.63 Å². The van der Waals surface area contributed by atoms with Crippen molar-refractivity contribution >= 4 is 5.91 Å². The van der Waals surface area contributed by atoms with Crippen molar-refractivity contribution in [1.82, 2.24) is 10.4 Å². The van der Waals surface area contributed by atoms with E-state index in [1.54, 1.807) is 0 Å². The predicted octanol–water partition coefficient (Wildman–Crippen LogP) is -1.30. The highest BCUT2D eigenvalue weighted by atomic mass is 16.6. The lowest BCUT2D eigenvalue weighted by molar-refractivity contribution is -0.125. The first-order valence-corrected chi connectivity index (χ1v) is 5.13. The first kappa shape index (κ1) is 14.3. The van der Waals surface area contributed by atoms with Crippen LogP contribution in [-0.4, -0.2) is 54.8 Å². The Morgan fingerprint density at radius 2 is 2.13 bits per heavy atom. The average molecular weight is 219 g/mol. The topological polar surface area (TPSA) is 87.8 Å². The third-order valence-electron chi connectivity index (χ3n) is 2.00. The Labute approximate surface area is 90.3 Å². The van der Waals surface area contributed by atoms with Gasteiger partial charge in [-0.05, 0) is 13.1 Å². The van der Waals surface area contributed by atoms with E-state index >= 15 is 0 Å². The van der Waals surface area contributed by atoms with Gasteiger partial charge < -0.3 is 15.7 Å². The molecule has 6 nitrogen and oxygen atoms in total. The molecule has 0 spiro atoms. The van der Waals surface area contributed by atoms with Gasteiger partial charge in [-0.3, -0.25) is 9.63 Å². The summed E-state index contributed by atoms with van der Waals surface area (Å²) in [4.78, 5) is 17.1. The minimum Gasteiger partial charge on any atom is -0.390 e. The summed E-state index contributed by atoms with van der Waals surface area (Å²) in [7, 11) is 0. The van der Waals surface area contributed by atoms with Crippen LogP contribution in [0.25, 0.3) is 0 Å². The summed E-state index contributed by atoms with van der Waals surface area (Å²) in [5.74, 6) is -0.541. The Kier molecular flexibility index (Phi) is 8.21. The van der Waals surface area contributed by atoms with Crippen LogP contribution in [0.1, 0.15) is 13.8 Å². The van der Waals surface area contributed by atoms with Gasteiger partial charge in [0.2, 0.25) is 5.91 Å². The molecule has 0 aromatic carbocycles. The van der Waals surface area contributed by atoms with E-state index in [4.69, 9.17) is 10.6 Å². The number of rotatable bonds is 9. The molecule has 0 aliphatic heterocycles. The second kappa shape index (κ2) is 8.60. The van der Waals surface area contributed by atoms with Crippen LogP contribution in [0.4, 0.5) is 0 Å². The number of likely N-dealkylation sites (N-methyl/N-ethyl adjacent to an activating group) is 1. The summed E-state index contributed by atoms with van der Waals surface area (Å²) in [6, 6.07) is 0. The van der Waals surface area contributed by atoms with E-state index in [1.165, 1.54) is 0 Å². The van der Waals surface area contributed by atoms with E-state index in [9.17, 15) is 9.90 Å². The molecule has 4 N–H and O–H groups in total. The van der Waals surface area contributed by atoms with Crippen molar-refractivity contribution in [3.05, 3.63) is 0 Å². The molecular formula is C9H21N3O3. The first-order valence-electron chi connectivity index (χ1n) is 5.13. The number of hydrogen-bond acceptors (Lipinski definition) is 5. The van der Waals surface area contributed by atoms with Crippen molar-refractivity contribution in [3.63, 3.8) is 0 Å². The molecule has 0 saturated carbocycles. The van der Waals surface area contributed by atoms with Crippen LogP contribution in [0.2, 0.25) is 0 Å². The van der Waals surface area contributed by atoms with Crippen LogP contribution >= 0.6 is 0 Å². The van der Waals surface area contributed by atoms with Crippen LogP contribution in [0.15, 0.2) is 0 Å². The highest BCUT2D eigenvalue weighted by Crippen LogP contribution is 1.90. The lowest BCUT2D eigenvalue weighted by atomic mass is 10.3. The van der Waals surface area contributed by atoms with Crippen LogP contribution in [0.5, 0.6) is 0 Å². The lowest BCUT2D eigenvalue weighted by Gasteiger charge is -2.21. The van der Waals surface area contributed by atoms with Crippen molar-refractivity contribution in [1.29, 1.82) is 0 Å². The molecule has 0 aromatic heterocycles. The zero-order chi connectivity index (χ0) is 11.7. The number of carbonyl (C=O) groups excluding carboxylic acids is 1. The van der Waals surface area contributed by atoms with Gasteiger partial charge in [0.05, 0.1) is 6.10 Å². The number of nitrogens with one attached hydrogen (secondary N) is 1. The van der Waals surface area contributed by atoms with Crippen molar-refractivity contribution in [3.8, 4) is 0 Å². The van der Waals surface area contributed by atoms with Crippen LogP contribution in [0, 0.1) is 0 Å². The Morgan fingerprint density at radius 3 is 2.60 bits per heavy atom. The number of aliphatic hydroxyl groups excluding tert-OH is 1. The van der Waals surface area contributed by atoms with E-state index in [1.807, 2.05) is 13.8 Å². The maximum Gasteiger partial charge on any atom is 0.245 e. The van der Waals surface area contributed by atoms with E-state index in [0.29, 0.717) is 6.54 Å². The van der Waals surface area contributed by atoms with Gasteiger partial charge >= 0.3 is 0 Å². The standard InChI is InChI=1S/C9H21N3O3/c1-3-12(4-2)6-8(13)5-11-15-7-9(10)14/h8,11,13H,3-7H2,1-2H3,(H2,10,14). The quantitative estimate of drug-likeness (QED) is 0.331. The molecule has 0 bridgehead atoms. The van der Waals surface area contributed by atoms with E-state index in [0.717, 1.165) is 13.1 Å². The van der Waals surface area contributed by atoms with Crippen molar-refractivity contribution < 1.29 is 14.7 Å². The number of aliphatic hydroxyl groups is 1. The fourth-order valence-electron chi connectivity index (χ4n) is 1.12. The molecular weight excluding hydrogens is 198 g/mol. The first-order chi connectivity index (χ1) is 7.10. The molecule has 1 atom stereocenters. The second-order valence-corrected chi connectivity index (χ2v) is 3.24. The van der Waals surface area contributed by atoms with Gasteiger partial charge in [-0.25, -0.2) is 0 Å². The average Bonchev–Trinajstić information content (AvgIpc) is 2.20. The molecule has 0 fully saturated rings. The number of primary amides is 1. The molecule has 0 saturated heterocycles. The molecule has 0 heterocycles. The molecule has 1 amide bonds. The Morgan fingerprint density at radius 1 is 1.53 bits per heavy atom. The molecule has 6 heteroatoms. The molecule has 0 rings (SSSR count). The summed E-state index contributed by atoms with van der Waals surface area (Å²) >= 11 is 0. The summed E-state index contributed by atoms with van der Waals surface area (Å²) in [5, 5.41) is 9.55. The molecule has 1 unspecified atom stereocenters. The maximum absolute atomic E-state index is 10.3. The zero-order valence-corrected chi connectivity index (χ0v) is 9.40. The third-order valence-corrected chi connectivity index (χ3v) is 2.00. The maximum atomic E-state index is 10.3. The van der Waals surface area contributed by atoms with Crippen molar-refractivity contribution in [2.24, 2.45) is 5.73 Å². The summed E-state index contributed by atoms with van der Waals surface area (Å²) < 4.78 is 0.